The van der Waals surface area contributed by atoms with Crippen LogP contribution in [0.3, 0.4) is 0 Å². The zero-order valence-corrected chi connectivity index (χ0v) is 15.3. The molecule has 5 heteroatoms. The van der Waals surface area contributed by atoms with Crippen molar-refractivity contribution in [3.05, 3.63) is 70.2 Å². The van der Waals surface area contributed by atoms with Crippen molar-refractivity contribution in [1.82, 2.24) is 0 Å². The molecule has 0 aliphatic rings. The first-order valence-electron chi connectivity index (χ1n) is 7.44. The van der Waals surface area contributed by atoms with Crippen molar-refractivity contribution in [2.45, 2.75) is 13.0 Å². The predicted molar refractivity (Wildman–Crippen MR) is 102 cm³/mol. The van der Waals surface area contributed by atoms with Gasteiger partial charge in [-0.15, -0.1) is 0 Å². The molecule has 1 amide bonds. The maximum atomic E-state index is 12.3. The third kappa shape index (κ3) is 3.89. The van der Waals surface area contributed by atoms with Crippen LogP contribution in [0.5, 0.6) is 5.75 Å². The van der Waals surface area contributed by atoms with Gasteiger partial charge >= 0.3 is 0 Å². The number of hydrogen-bond donors (Lipinski definition) is 1. The van der Waals surface area contributed by atoms with Crippen LogP contribution in [0, 0.1) is 0 Å². The van der Waals surface area contributed by atoms with Crippen LogP contribution >= 0.6 is 27.5 Å². The molecular weight excluding hydrogens is 390 g/mol. The normalized spacial score (nSPS) is 12.0. The lowest BCUT2D eigenvalue weighted by molar-refractivity contribution is -0.122. The van der Waals surface area contributed by atoms with Gasteiger partial charge in [-0.25, -0.2) is 0 Å². The van der Waals surface area contributed by atoms with Crippen molar-refractivity contribution in [3.63, 3.8) is 0 Å². The topological polar surface area (TPSA) is 38.3 Å². The third-order valence-corrected chi connectivity index (χ3v) is 4.82. The number of carbonyl (C=O) groups is 1. The zero-order chi connectivity index (χ0) is 17.1. The smallest absolute Gasteiger partial charge is 0.265 e. The third-order valence-electron chi connectivity index (χ3n) is 3.59. The number of amides is 1. The molecule has 0 saturated carbocycles. The second-order valence-electron chi connectivity index (χ2n) is 5.39. The Morgan fingerprint density at radius 3 is 2.58 bits per heavy atom. The van der Waals surface area contributed by atoms with Crippen LogP contribution in [-0.2, 0) is 4.79 Å². The van der Waals surface area contributed by atoms with Gasteiger partial charge in [0.05, 0.1) is 5.02 Å². The van der Waals surface area contributed by atoms with Crippen LogP contribution in [0.15, 0.2) is 65.1 Å². The summed E-state index contributed by atoms with van der Waals surface area (Å²) < 4.78 is 6.54. The molecule has 1 N–H and O–H groups in total. The Morgan fingerprint density at radius 1 is 1.08 bits per heavy atom. The average molecular weight is 405 g/mol. The van der Waals surface area contributed by atoms with Gasteiger partial charge in [0.1, 0.15) is 5.75 Å². The number of halogens is 2. The minimum Gasteiger partial charge on any atom is -0.481 e. The summed E-state index contributed by atoms with van der Waals surface area (Å²) in [6.45, 7) is 1.71. The van der Waals surface area contributed by atoms with E-state index in [1.807, 2.05) is 42.5 Å². The second-order valence-corrected chi connectivity index (χ2v) is 6.65. The highest BCUT2D eigenvalue weighted by Crippen LogP contribution is 2.26. The van der Waals surface area contributed by atoms with Crippen LogP contribution in [0.1, 0.15) is 6.92 Å². The highest BCUT2D eigenvalue weighted by atomic mass is 79.9. The summed E-state index contributed by atoms with van der Waals surface area (Å²) in [4.78, 5) is 12.3. The van der Waals surface area contributed by atoms with E-state index in [1.165, 1.54) is 0 Å². The fourth-order valence-electron chi connectivity index (χ4n) is 2.32. The maximum Gasteiger partial charge on any atom is 0.265 e. The van der Waals surface area contributed by atoms with Gasteiger partial charge in [0, 0.05) is 10.2 Å². The standard InChI is InChI=1S/C19H15BrClNO2/c1-12(19(23)22-15-7-9-17(20)18(21)11-15)24-16-8-6-13-4-2-3-5-14(13)10-16/h2-12H,1H3,(H,22,23). The first kappa shape index (κ1) is 16.8. The van der Waals surface area contributed by atoms with E-state index in [1.54, 1.807) is 25.1 Å². The molecule has 0 aliphatic carbocycles. The minimum absolute atomic E-state index is 0.235. The molecule has 0 fully saturated rings. The van der Waals surface area contributed by atoms with E-state index in [-0.39, 0.29) is 5.91 Å². The monoisotopic (exact) mass is 403 g/mol. The SMILES string of the molecule is CC(Oc1ccc2ccccc2c1)C(=O)Nc1ccc(Br)c(Cl)c1. The summed E-state index contributed by atoms with van der Waals surface area (Å²) in [6.07, 6.45) is -0.631. The number of hydrogen-bond acceptors (Lipinski definition) is 2. The Bertz CT molecular complexity index is 897. The molecule has 122 valence electrons. The second kappa shape index (κ2) is 7.24. The summed E-state index contributed by atoms with van der Waals surface area (Å²) in [5.41, 5.74) is 0.627. The van der Waals surface area contributed by atoms with Gasteiger partial charge in [-0.1, -0.05) is 41.9 Å². The maximum absolute atomic E-state index is 12.3. The lowest BCUT2D eigenvalue weighted by atomic mass is 10.1. The molecule has 3 aromatic carbocycles. The Morgan fingerprint density at radius 2 is 1.83 bits per heavy atom. The number of anilines is 1. The highest BCUT2D eigenvalue weighted by Gasteiger charge is 2.15. The summed E-state index contributed by atoms with van der Waals surface area (Å²) in [6, 6.07) is 19.0. The number of fused-ring (bicyclic) bond motifs is 1. The summed E-state index contributed by atoms with van der Waals surface area (Å²) in [7, 11) is 0. The molecule has 3 nitrogen and oxygen atoms in total. The molecule has 0 heterocycles. The van der Waals surface area contributed by atoms with E-state index in [4.69, 9.17) is 16.3 Å². The van der Waals surface area contributed by atoms with Gasteiger partial charge in [-0.05, 0) is 64.0 Å². The molecule has 1 unspecified atom stereocenters. The highest BCUT2D eigenvalue weighted by molar-refractivity contribution is 9.10. The van der Waals surface area contributed by atoms with Crippen LogP contribution in [-0.4, -0.2) is 12.0 Å². The van der Waals surface area contributed by atoms with Crippen molar-refractivity contribution >= 4 is 49.9 Å². The summed E-state index contributed by atoms with van der Waals surface area (Å²) in [5.74, 6) is 0.423. The largest absolute Gasteiger partial charge is 0.481 e. The quantitative estimate of drug-likeness (QED) is 0.609. The number of benzene rings is 3. The molecule has 0 radical (unpaired) electrons. The molecule has 1 atom stereocenters. The van der Waals surface area contributed by atoms with Gasteiger partial charge in [-0.3, -0.25) is 4.79 Å². The number of ether oxygens (including phenoxy) is 1. The van der Waals surface area contributed by atoms with E-state index in [0.29, 0.717) is 16.5 Å². The molecule has 0 bridgehead atoms. The van der Waals surface area contributed by atoms with Crippen LogP contribution in [0.4, 0.5) is 5.69 Å². The number of rotatable bonds is 4. The Hall–Kier alpha value is -2.04. The minimum atomic E-state index is -0.631. The van der Waals surface area contributed by atoms with Crippen molar-refractivity contribution in [3.8, 4) is 5.75 Å². The van der Waals surface area contributed by atoms with Gasteiger partial charge in [0.2, 0.25) is 0 Å². The fourth-order valence-corrected chi connectivity index (χ4v) is 2.74. The lowest BCUT2D eigenvalue weighted by Gasteiger charge is -2.15. The van der Waals surface area contributed by atoms with Gasteiger partial charge in [0.15, 0.2) is 6.10 Å². The van der Waals surface area contributed by atoms with Gasteiger partial charge in [0.25, 0.3) is 5.91 Å². The van der Waals surface area contributed by atoms with Crippen molar-refractivity contribution < 1.29 is 9.53 Å². The fraction of sp³-hybridized carbons (Fsp3) is 0.105. The van der Waals surface area contributed by atoms with Crippen molar-refractivity contribution in [2.24, 2.45) is 0 Å². The van der Waals surface area contributed by atoms with Crippen molar-refractivity contribution in [1.29, 1.82) is 0 Å². The Labute approximate surface area is 153 Å². The summed E-state index contributed by atoms with van der Waals surface area (Å²) in [5, 5.41) is 5.54. The molecular formula is C19H15BrClNO2. The summed E-state index contributed by atoms with van der Waals surface area (Å²) >= 11 is 9.35. The van der Waals surface area contributed by atoms with E-state index in [2.05, 4.69) is 21.2 Å². The first-order valence-corrected chi connectivity index (χ1v) is 8.61. The van der Waals surface area contributed by atoms with Gasteiger partial charge < -0.3 is 10.1 Å². The lowest BCUT2D eigenvalue weighted by Crippen LogP contribution is -2.30. The van der Waals surface area contributed by atoms with E-state index < -0.39 is 6.10 Å². The zero-order valence-electron chi connectivity index (χ0n) is 12.9. The van der Waals surface area contributed by atoms with Crippen LogP contribution < -0.4 is 10.1 Å². The molecule has 0 saturated heterocycles. The first-order chi connectivity index (χ1) is 11.5. The Balaban J connectivity index is 1.69. The van der Waals surface area contributed by atoms with E-state index in [0.717, 1.165) is 15.2 Å². The average Bonchev–Trinajstić information content (AvgIpc) is 2.58. The molecule has 0 aromatic heterocycles. The number of nitrogens with one attached hydrogen (secondary N) is 1. The molecule has 3 rings (SSSR count). The Kier molecular flexibility index (Phi) is 5.07. The van der Waals surface area contributed by atoms with Crippen LogP contribution in [0.25, 0.3) is 10.8 Å². The van der Waals surface area contributed by atoms with E-state index in [9.17, 15) is 4.79 Å². The van der Waals surface area contributed by atoms with Gasteiger partial charge in [-0.2, -0.15) is 0 Å². The molecule has 24 heavy (non-hydrogen) atoms. The molecule has 3 aromatic rings. The van der Waals surface area contributed by atoms with Crippen LogP contribution in [0.2, 0.25) is 5.02 Å². The molecule has 0 aliphatic heterocycles. The van der Waals surface area contributed by atoms with E-state index >= 15 is 0 Å². The molecule has 0 spiro atoms. The van der Waals surface area contributed by atoms with Crippen molar-refractivity contribution in [2.75, 3.05) is 5.32 Å². The predicted octanol–water partition coefficient (Wildman–Crippen LogP) is 5.66. The number of carbonyl (C=O) groups excluding carboxylic acids is 1.